The Morgan fingerprint density at radius 3 is 2.38 bits per heavy atom. The Bertz CT molecular complexity index is 1250. The number of benzene rings is 1. The molecule has 0 saturated heterocycles. The molecule has 3 heterocycles. The number of rotatable bonds is 6. The first-order valence-electron chi connectivity index (χ1n) is 8.93. The fraction of sp³-hybridized carbons (Fsp3) is 0.190. The number of thiophene rings is 1. The molecule has 3 aromatic heterocycles. The van der Waals surface area contributed by atoms with Crippen LogP contribution in [0.15, 0.2) is 63.6 Å². The summed E-state index contributed by atoms with van der Waals surface area (Å²) in [6.45, 7) is 0.461. The number of hydrogen-bond donors (Lipinski definition) is 0. The molecule has 1 aromatic carbocycles. The van der Waals surface area contributed by atoms with Crippen LogP contribution in [0.4, 0.5) is 0 Å². The van der Waals surface area contributed by atoms with Crippen LogP contribution in [0.5, 0.6) is 11.5 Å². The fourth-order valence-electron chi connectivity index (χ4n) is 3.23. The van der Waals surface area contributed by atoms with Crippen molar-refractivity contribution < 1.29 is 9.47 Å². The van der Waals surface area contributed by atoms with Gasteiger partial charge in [-0.05, 0) is 41.3 Å². The molecule has 0 amide bonds. The Morgan fingerprint density at radius 1 is 0.966 bits per heavy atom. The molecule has 0 N–H and O–H groups in total. The van der Waals surface area contributed by atoms with Gasteiger partial charge in [0.2, 0.25) is 0 Å². The standard InChI is InChI=1S/C21H19N3O4S/c1-27-15-9-14(10-16(11-15)28-2)12-23-18-6-3-7-22-19(18)20(25)24(21(23)26)13-17-5-4-8-29-17/h3-11H,12-13H2,1-2H3. The lowest BCUT2D eigenvalue weighted by Crippen LogP contribution is -2.40. The highest BCUT2D eigenvalue weighted by atomic mass is 32.1. The van der Waals surface area contributed by atoms with Crippen molar-refractivity contribution in [2.45, 2.75) is 13.1 Å². The molecule has 0 unspecified atom stereocenters. The van der Waals surface area contributed by atoms with Crippen molar-refractivity contribution >= 4 is 22.4 Å². The van der Waals surface area contributed by atoms with Gasteiger partial charge in [0.15, 0.2) is 5.52 Å². The highest BCUT2D eigenvalue weighted by Crippen LogP contribution is 2.23. The molecule has 0 fully saturated rings. The second-order valence-electron chi connectivity index (χ2n) is 6.43. The van der Waals surface area contributed by atoms with Gasteiger partial charge in [-0.3, -0.25) is 13.9 Å². The summed E-state index contributed by atoms with van der Waals surface area (Å²) < 4.78 is 13.5. The predicted molar refractivity (Wildman–Crippen MR) is 112 cm³/mol. The third-order valence-corrected chi connectivity index (χ3v) is 5.49. The van der Waals surface area contributed by atoms with Gasteiger partial charge < -0.3 is 9.47 Å². The minimum absolute atomic E-state index is 0.212. The van der Waals surface area contributed by atoms with E-state index in [0.29, 0.717) is 17.0 Å². The number of hydrogen-bond acceptors (Lipinski definition) is 6. The molecule has 29 heavy (non-hydrogen) atoms. The van der Waals surface area contributed by atoms with Crippen LogP contribution in [0.3, 0.4) is 0 Å². The predicted octanol–water partition coefficient (Wildman–Crippen LogP) is 2.73. The van der Waals surface area contributed by atoms with E-state index in [1.807, 2.05) is 29.6 Å². The lowest BCUT2D eigenvalue weighted by atomic mass is 10.2. The summed E-state index contributed by atoms with van der Waals surface area (Å²) in [5.41, 5.74) is 0.796. The van der Waals surface area contributed by atoms with Crippen molar-refractivity contribution in [3.8, 4) is 11.5 Å². The zero-order valence-electron chi connectivity index (χ0n) is 16.0. The van der Waals surface area contributed by atoms with Gasteiger partial charge in [0, 0.05) is 17.1 Å². The smallest absolute Gasteiger partial charge is 0.332 e. The van der Waals surface area contributed by atoms with Gasteiger partial charge in [-0.25, -0.2) is 9.78 Å². The molecule has 0 atom stereocenters. The minimum atomic E-state index is -0.390. The lowest BCUT2D eigenvalue weighted by molar-refractivity contribution is 0.393. The van der Waals surface area contributed by atoms with Crippen LogP contribution in [-0.2, 0) is 13.1 Å². The maximum atomic E-state index is 13.3. The van der Waals surface area contributed by atoms with E-state index in [1.165, 1.54) is 15.9 Å². The van der Waals surface area contributed by atoms with Gasteiger partial charge in [0.1, 0.15) is 11.5 Å². The molecular formula is C21H19N3O4S. The van der Waals surface area contributed by atoms with Gasteiger partial charge in [-0.15, -0.1) is 11.3 Å². The van der Waals surface area contributed by atoms with E-state index in [2.05, 4.69) is 4.98 Å². The fourth-order valence-corrected chi connectivity index (χ4v) is 3.93. The molecule has 0 spiro atoms. The van der Waals surface area contributed by atoms with E-state index in [0.717, 1.165) is 10.4 Å². The molecule has 0 aliphatic rings. The van der Waals surface area contributed by atoms with Gasteiger partial charge in [-0.1, -0.05) is 6.07 Å². The summed E-state index contributed by atoms with van der Waals surface area (Å²) in [6, 6.07) is 12.7. The largest absolute Gasteiger partial charge is 0.497 e. The summed E-state index contributed by atoms with van der Waals surface area (Å²) in [5.74, 6) is 1.25. The SMILES string of the molecule is COc1cc(Cn2c(=O)n(Cc3cccs3)c(=O)c3ncccc32)cc(OC)c1. The summed E-state index contributed by atoms with van der Waals surface area (Å²) in [5, 5.41) is 1.92. The first kappa shape index (κ1) is 18.9. The van der Waals surface area contributed by atoms with Crippen LogP contribution in [0, 0.1) is 0 Å². The second kappa shape index (κ2) is 7.92. The van der Waals surface area contributed by atoms with Crippen LogP contribution in [0.25, 0.3) is 11.0 Å². The van der Waals surface area contributed by atoms with Crippen molar-refractivity contribution in [1.82, 2.24) is 14.1 Å². The zero-order chi connectivity index (χ0) is 20.4. The minimum Gasteiger partial charge on any atom is -0.497 e. The average Bonchev–Trinajstić information content (AvgIpc) is 3.27. The molecule has 0 aliphatic carbocycles. The number of fused-ring (bicyclic) bond motifs is 1. The molecule has 4 aromatic rings. The van der Waals surface area contributed by atoms with E-state index in [-0.39, 0.29) is 24.3 Å². The third kappa shape index (κ3) is 3.66. The van der Waals surface area contributed by atoms with Crippen LogP contribution in [-0.4, -0.2) is 28.3 Å². The van der Waals surface area contributed by atoms with Gasteiger partial charge >= 0.3 is 5.69 Å². The summed E-state index contributed by atoms with van der Waals surface area (Å²) in [7, 11) is 3.15. The van der Waals surface area contributed by atoms with Crippen molar-refractivity contribution in [1.29, 1.82) is 0 Å². The molecule has 8 heteroatoms. The van der Waals surface area contributed by atoms with Crippen LogP contribution in [0.2, 0.25) is 0 Å². The van der Waals surface area contributed by atoms with E-state index < -0.39 is 5.56 Å². The van der Waals surface area contributed by atoms with Crippen molar-refractivity contribution in [2.24, 2.45) is 0 Å². The lowest BCUT2D eigenvalue weighted by Gasteiger charge is -2.14. The van der Waals surface area contributed by atoms with Crippen LogP contribution in [0.1, 0.15) is 10.4 Å². The molecule has 4 rings (SSSR count). The zero-order valence-corrected chi connectivity index (χ0v) is 16.8. The Morgan fingerprint density at radius 2 is 1.72 bits per heavy atom. The summed E-state index contributed by atoms with van der Waals surface area (Å²) in [4.78, 5) is 31.4. The number of methoxy groups -OCH3 is 2. The molecule has 0 radical (unpaired) electrons. The summed E-state index contributed by atoms with van der Waals surface area (Å²) in [6.07, 6.45) is 1.56. The Labute approximate surface area is 170 Å². The Balaban J connectivity index is 1.90. The Hall–Kier alpha value is -3.39. The Kier molecular flexibility index (Phi) is 5.18. The van der Waals surface area contributed by atoms with Gasteiger partial charge in [0.25, 0.3) is 5.56 Å². The molecule has 0 bridgehead atoms. The van der Waals surface area contributed by atoms with Gasteiger partial charge in [-0.2, -0.15) is 0 Å². The van der Waals surface area contributed by atoms with E-state index in [9.17, 15) is 9.59 Å². The van der Waals surface area contributed by atoms with Gasteiger partial charge in [0.05, 0.1) is 32.8 Å². The van der Waals surface area contributed by atoms with E-state index in [4.69, 9.17) is 9.47 Å². The highest BCUT2D eigenvalue weighted by molar-refractivity contribution is 7.09. The van der Waals surface area contributed by atoms with Crippen LogP contribution < -0.4 is 20.7 Å². The number of pyridine rings is 1. The highest BCUT2D eigenvalue weighted by Gasteiger charge is 2.15. The number of aromatic nitrogens is 3. The van der Waals surface area contributed by atoms with Crippen molar-refractivity contribution in [3.63, 3.8) is 0 Å². The van der Waals surface area contributed by atoms with E-state index >= 15 is 0 Å². The topological polar surface area (TPSA) is 75.4 Å². The first-order valence-corrected chi connectivity index (χ1v) is 9.81. The average molecular weight is 409 g/mol. The van der Waals surface area contributed by atoms with Crippen molar-refractivity contribution in [2.75, 3.05) is 14.2 Å². The molecular weight excluding hydrogens is 390 g/mol. The molecule has 0 saturated carbocycles. The monoisotopic (exact) mass is 409 g/mol. The molecule has 7 nitrogen and oxygen atoms in total. The number of ether oxygens (including phenoxy) is 2. The van der Waals surface area contributed by atoms with E-state index in [1.54, 1.807) is 43.2 Å². The second-order valence-corrected chi connectivity index (χ2v) is 7.46. The molecule has 0 aliphatic heterocycles. The van der Waals surface area contributed by atoms with Crippen molar-refractivity contribution in [3.05, 3.63) is 85.3 Å². The quantitative estimate of drug-likeness (QED) is 0.490. The maximum Gasteiger partial charge on any atom is 0.332 e. The first-order chi connectivity index (χ1) is 14.1. The number of nitrogens with zero attached hydrogens (tertiary/aromatic N) is 3. The third-order valence-electron chi connectivity index (χ3n) is 4.63. The normalized spacial score (nSPS) is 11.0. The molecule has 148 valence electrons. The van der Waals surface area contributed by atoms with Crippen LogP contribution >= 0.6 is 11.3 Å². The maximum absolute atomic E-state index is 13.3. The summed E-state index contributed by atoms with van der Waals surface area (Å²) >= 11 is 1.50.